The summed E-state index contributed by atoms with van der Waals surface area (Å²) in [5, 5.41) is 21.3. The van der Waals surface area contributed by atoms with Crippen LogP contribution in [-0.2, 0) is 0 Å². The van der Waals surface area contributed by atoms with Gasteiger partial charge in [-0.15, -0.1) is 0 Å². The zero-order valence-electron chi connectivity index (χ0n) is 15.5. The summed E-state index contributed by atoms with van der Waals surface area (Å²) in [5.41, 5.74) is 5.88. The molecule has 4 aromatic carbocycles. The van der Waals surface area contributed by atoms with Gasteiger partial charge in [0.05, 0.1) is 22.2 Å². The van der Waals surface area contributed by atoms with Crippen LogP contribution in [-0.4, -0.2) is 4.57 Å². The van der Waals surface area contributed by atoms with Crippen LogP contribution in [0.25, 0.3) is 38.6 Å². The molecule has 0 aliphatic heterocycles. The van der Waals surface area contributed by atoms with Gasteiger partial charge < -0.3 is 4.57 Å². The molecule has 0 amide bonds. The molecule has 0 N–H and O–H groups in total. The van der Waals surface area contributed by atoms with Gasteiger partial charge in [0.2, 0.25) is 0 Å². The monoisotopic (exact) mass is 369 g/mol. The number of hydrogen-bond acceptors (Lipinski definition) is 2. The number of nitriles is 2. The topological polar surface area (TPSA) is 52.5 Å². The summed E-state index contributed by atoms with van der Waals surface area (Å²) in [6.07, 6.45) is 0. The summed E-state index contributed by atoms with van der Waals surface area (Å²) in [5.74, 6) is 0. The maximum Gasteiger partial charge on any atom is 0.101 e. The van der Waals surface area contributed by atoms with Gasteiger partial charge in [0.15, 0.2) is 0 Å². The van der Waals surface area contributed by atoms with E-state index < -0.39 is 0 Å². The summed E-state index contributed by atoms with van der Waals surface area (Å²) < 4.78 is 2.26. The molecule has 0 saturated carbocycles. The molecule has 134 valence electrons. The molecule has 5 rings (SSSR count). The van der Waals surface area contributed by atoms with E-state index in [0.29, 0.717) is 11.1 Å². The molecule has 0 radical (unpaired) electrons. The van der Waals surface area contributed by atoms with Crippen LogP contribution in [0.15, 0.2) is 91.0 Å². The van der Waals surface area contributed by atoms with Gasteiger partial charge in [-0.2, -0.15) is 10.5 Å². The highest BCUT2D eigenvalue weighted by atomic mass is 15.0. The Morgan fingerprint density at radius 1 is 0.621 bits per heavy atom. The number of benzene rings is 4. The first-order valence-corrected chi connectivity index (χ1v) is 9.34. The van der Waals surface area contributed by atoms with Crippen molar-refractivity contribution >= 4 is 21.8 Å². The lowest BCUT2D eigenvalue weighted by atomic mass is 9.95. The van der Waals surface area contributed by atoms with Crippen molar-refractivity contribution in [2.75, 3.05) is 0 Å². The molecule has 0 atom stereocenters. The van der Waals surface area contributed by atoms with Gasteiger partial charge in [-0.1, -0.05) is 54.6 Å². The van der Waals surface area contributed by atoms with Crippen LogP contribution in [0.4, 0.5) is 0 Å². The third kappa shape index (κ3) is 2.57. The normalized spacial score (nSPS) is 10.7. The molecule has 1 aromatic heterocycles. The van der Waals surface area contributed by atoms with Crippen LogP contribution in [0.1, 0.15) is 11.1 Å². The Balaban J connectivity index is 1.84. The van der Waals surface area contributed by atoms with E-state index in [-0.39, 0.29) is 0 Å². The van der Waals surface area contributed by atoms with E-state index >= 15 is 0 Å². The van der Waals surface area contributed by atoms with Crippen LogP contribution < -0.4 is 0 Å². The van der Waals surface area contributed by atoms with Gasteiger partial charge >= 0.3 is 0 Å². The minimum absolute atomic E-state index is 0.400. The Bertz CT molecular complexity index is 1460. The summed E-state index contributed by atoms with van der Waals surface area (Å²) in [4.78, 5) is 0. The fourth-order valence-electron chi connectivity index (χ4n) is 4.00. The lowest BCUT2D eigenvalue weighted by molar-refractivity contribution is 1.18. The SMILES string of the molecule is N#Cc1cccc(-c2ccc3c(c2)c2ccccc2n3-c2ccccc2)c1C#N. The standard InChI is InChI=1S/C26H15N3/c27-16-19-7-6-11-21(24(19)17-28)18-13-14-26-23(15-18)22-10-4-5-12-25(22)29(26)20-8-2-1-3-9-20/h1-15H. The van der Waals surface area contributed by atoms with Crippen molar-refractivity contribution in [1.82, 2.24) is 4.57 Å². The number of para-hydroxylation sites is 2. The second kappa shape index (κ2) is 6.68. The average Bonchev–Trinajstić information content (AvgIpc) is 3.12. The maximum absolute atomic E-state index is 9.62. The first kappa shape index (κ1) is 16.8. The molecule has 5 aromatic rings. The Morgan fingerprint density at radius 3 is 2.17 bits per heavy atom. The van der Waals surface area contributed by atoms with Crippen molar-refractivity contribution in [2.24, 2.45) is 0 Å². The molecule has 29 heavy (non-hydrogen) atoms. The zero-order valence-corrected chi connectivity index (χ0v) is 15.5. The number of rotatable bonds is 2. The van der Waals surface area contributed by atoms with Crippen molar-refractivity contribution in [1.29, 1.82) is 10.5 Å². The zero-order chi connectivity index (χ0) is 19.8. The van der Waals surface area contributed by atoms with Gasteiger partial charge in [0.1, 0.15) is 12.1 Å². The molecular formula is C26H15N3. The third-order valence-corrected chi connectivity index (χ3v) is 5.29. The third-order valence-electron chi connectivity index (χ3n) is 5.29. The Hall–Kier alpha value is -4.34. The second-order valence-electron chi connectivity index (χ2n) is 6.87. The highest BCUT2D eigenvalue weighted by Crippen LogP contribution is 2.35. The van der Waals surface area contributed by atoms with E-state index in [1.165, 1.54) is 0 Å². The number of hydrogen-bond donors (Lipinski definition) is 0. The number of nitrogens with zero attached hydrogens (tertiary/aromatic N) is 3. The molecule has 0 saturated heterocycles. The lowest BCUT2D eigenvalue weighted by Crippen LogP contribution is -1.93. The van der Waals surface area contributed by atoms with Crippen molar-refractivity contribution in [3.05, 3.63) is 102 Å². The molecule has 1 heterocycles. The van der Waals surface area contributed by atoms with Gasteiger partial charge in [-0.05, 0) is 42.0 Å². The molecule has 0 fully saturated rings. The number of aromatic nitrogens is 1. The van der Waals surface area contributed by atoms with Gasteiger partial charge in [0, 0.05) is 22.0 Å². The largest absolute Gasteiger partial charge is 0.309 e. The van der Waals surface area contributed by atoms with E-state index in [4.69, 9.17) is 0 Å². The fourth-order valence-corrected chi connectivity index (χ4v) is 4.00. The summed E-state index contributed by atoms with van der Waals surface area (Å²) in [6, 6.07) is 34.6. The van der Waals surface area contributed by atoms with Crippen molar-refractivity contribution < 1.29 is 0 Å². The van der Waals surface area contributed by atoms with Crippen LogP contribution in [0.3, 0.4) is 0 Å². The highest BCUT2D eigenvalue weighted by Gasteiger charge is 2.15. The predicted molar refractivity (Wildman–Crippen MR) is 116 cm³/mol. The van der Waals surface area contributed by atoms with Crippen LogP contribution >= 0.6 is 0 Å². The molecular weight excluding hydrogens is 354 g/mol. The van der Waals surface area contributed by atoms with Gasteiger partial charge in [-0.25, -0.2) is 0 Å². The summed E-state index contributed by atoms with van der Waals surface area (Å²) in [6.45, 7) is 0. The second-order valence-corrected chi connectivity index (χ2v) is 6.87. The van der Waals surface area contributed by atoms with E-state index in [1.54, 1.807) is 6.07 Å². The van der Waals surface area contributed by atoms with Crippen molar-refractivity contribution in [3.8, 4) is 29.0 Å². The first-order chi connectivity index (χ1) is 14.3. The Kier molecular flexibility index (Phi) is 3.87. The quantitative estimate of drug-likeness (QED) is 0.372. The van der Waals surface area contributed by atoms with Crippen LogP contribution in [0.5, 0.6) is 0 Å². The molecule has 3 nitrogen and oxygen atoms in total. The predicted octanol–water partition coefficient (Wildman–Crippen LogP) is 6.19. The van der Waals surface area contributed by atoms with E-state index in [2.05, 4.69) is 53.1 Å². The molecule has 0 aliphatic carbocycles. The minimum Gasteiger partial charge on any atom is -0.309 e. The highest BCUT2D eigenvalue weighted by molar-refractivity contribution is 6.10. The molecule has 3 heteroatoms. The molecule has 0 unspecified atom stereocenters. The Morgan fingerprint density at radius 2 is 1.38 bits per heavy atom. The smallest absolute Gasteiger partial charge is 0.101 e. The Labute approximate surface area is 168 Å². The van der Waals surface area contributed by atoms with Crippen LogP contribution in [0, 0.1) is 22.7 Å². The molecule has 0 aliphatic rings. The fraction of sp³-hybridized carbons (Fsp3) is 0. The molecule has 0 spiro atoms. The first-order valence-electron chi connectivity index (χ1n) is 9.34. The lowest BCUT2D eigenvalue weighted by Gasteiger charge is -2.09. The van der Waals surface area contributed by atoms with Crippen LogP contribution in [0.2, 0.25) is 0 Å². The van der Waals surface area contributed by atoms with Crippen molar-refractivity contribution in [3.63, 3.8) is 0 Å². The average molecular weight is 369 g/mol. The number of fused-ring (bicyclic) bond motifs is 3. The summed E-state index contributed by atoms with van der Waals surface area (Å²) in [7, 11) is 0. The summed E-state index contributed by atoms with van der Waals surface area (Å²) >= 11 is 0. The minimum atomic E-state index is 0.400. The van der Waals surface area contributed by atoms with Gasteiger partial charge in [0.25, 0.3) is 0 Å². The van der Waals surface area contributed by atoms with E-state index in [1.807, 2.05) is 48.5 Å². The molecule has 0 bridgehead atoms. The van der Waals surface area contributed by atoms with Gasteiger partial charge in [-0.3, -0.25) is 0 Å². The van der Waals surface area contributed by atoms with Crippen molar-refractivity contribution in [2.45, 2.75) is 0 Å². The van der Waals surface area contributed by atoms with E-state index in [0.717, 1.165) is 38.6 Å². The van der Waals surface area contributed by atoms with E-state index in [9.17, 15) is 10.5 Å². The maximum atomic E-state index is 9.62.